The predicted octanol–water partition coefficient (Wildman–Crippen LogP) is 3.23. The Hall–Kier alpha value is -0.313. The van der Waals surface area contributed by atoms with Crippen molar-refractivity contribution in [3.05, 3.63) is 0 Å². The van der Waals surface area contributed by atoms with E-state index in [2.05, 4.69) is 13.1 Å². The van der Waals surface area contributed by atoms with Crippen LogP contribution in [-0.2, 0) is 9.53 Å². The fraction of sp³-hybridized carbons (Fsp3) is 0.929. The van der Waals surface area contributed by atoms with Crippen molar-refractivity contribution in [1.82, 2.24) is 0 Å². The SMILES string of the molecule is C[SiH](C)C1CC2CC1CC2C(=O)OC(C)(C)C. The van der Waals surface area contributed by atoms with Crippen LogP contribution in [0.15, 0.2) is 0 Å². The van der Waals surface area contributed by atoms with Crippen molar-refractivity contribution in [2.45, 2.75) is 64.3 Å². The fourth-order valence-electron chi connectivity index (χ4n) is 3.80. The maximum atomic E-state index is 12.1. The van der Waals surface area contributed by atoms with Crippen LogP contribution >= 0.6 is 0 Å². The van der Waals surface area contributed by atoms with Crippen LogP contribution in [0.2, 0.25) is 18.6 Å². The number of carbonyl (C=O) groups is 1. The van der Waals surface area contributed by atoms with Gasteiger partial charge in [-0.1, -0.05) is 13.1 Å². The smallest absolute Gasteiger partial charge is 0.309 e. The number of esters is 1. The highest BCUT2D eigenvalue weighted by atomic mass is 28.3. The van der Waals surface area contributed by atoms with Crippen molar-refractivity contribution < 1.29 is 9.53 Å². The summed E-state index contributed by atoms with van der Waals surface area (Å²) in [4.78, 5) is 12.1. The summed E-state index contributed by atoms with van der Waals surface area (Å²) in [6, 6.07) is 0. The Bertz CT molecular complexity index is 306. The number of carbonyl (C=O) groups excluding carboxylic acids is 1. The number of ether oxygens (including phenoxy) is 1. The lowest BCUT2D eigenvalue weighted by Crippen LogP contribution is -2.33. The number of fused-ring (bicyclic) bond motifs is 2. The Kier molecular flexibility index (Phi) is 3.41. The summed E-state index contributed by atoms with van der Waals surface area (Å²) in [5.41, 5.74) is 0.657. The molecule has 3 heteroatoms. The molecule has 0 saturated heterocycles. The first kappa shape index (κ1) is 13.1. The van der Waals surface area contributed by atoms with Crippen molar-refractivity contribution in [2.75, 3.05) is 0 Å². The third-order valence-corrected chi connectivity index (χ3v) is 7.01. The van der Waals surface area contributed by atoms with Crippen LogP contribution in [0, 0.1) is 17.8 Å². The molecule has 0 heterocycles. The van der Waals surface area contributed by atoms with E-state index < -0.39 is 8.80 Å². The van der Waals surface area contributed by atoms with Crippen molar-refractivity contribution in [3.8, 4) is 0 Å². The van der Waals surface area contributed by atoms with Crippen LogP contribution < -0.4 is 0 Å². The molecule has 0 N–H and O–H groups in total. The Morgan fingerprint density at radius 1 is 1.12 bits per heavy atom. The van der Waals surface area contributed by atoms with Gasteiger partial charge in [0, 0.05) is 8.80 Å². The summed E-state index contributed by atoms with van der Waals surface area (Å²) in [6.07, 6.45) is 3.70. The van der Waals surface area contributed by atoms with Gasteiger partial charge in [-0.2, -0.15) is 0 Å². The first-order valence-corrected chi connectivity index (χ1v) is 9.98. The molecule has 2 aliphatic carbocycles. The van der Waals surface area contributed by atoms with Gasteiger partial charge in [-0.3, -0.25) is 4.79 Å². The summed E-state index contributed by atoms with van der Waals surface area (Å²) >= 11 is 0. The minimum absolute atomic E-state index is 0.0638. The minimum Gasteiger partial charge on any atom is -0.460 e. The molecule has 0 aromatic rings. The van der Waals surface area contributed by atoms with Crippen LogP contribution in [0.5, 0.6) is 0 Å². The Morgan fingerprint density at radius 2 is 1.76 bits per heavy atom. The van der Waals surface area contributed by atoms with Gasteiger partial charge in [-0.15, -0.1) is 0 Å². The highest BCUT2D eigenvalue weighted by molar-refractivity contribution is 6.57. The molecule has 2 fully saturated rings. The van der Waals surface area contributed by atoms with Gasteiger partial charge >= 0.3 is 5.97 Å². The maximum absolute atomic E-state index is 12.1. The number of hydrogen-bond acceptors (Lipinski definition) is 2. The van der Waals surface area contributed by atoms with Gasteiger partial charge in [0.05, 0.1) is 5.92 Å². The maximum Gasteiger partial charge on any atom is 0.309 e. The summed E-state index contributed by atoms with van der Waals surface area (Å²) in [7, 11) is -0.521. The minimum atomic E-state index is -0.521. The van der Waals surface area contributed by atoms with Gasteiger partial charge in [0.15, 0.2) is 0 Å². The first-order chi connectivity index (χ1) is 7.78. The molecule has 2 saturated carbocycles. The van der Waals surface area contributed by atoms with E-state index in [1.807, 2.05) is 20.8 Å². The zero-order chi connectivity index (χ0) is 12.8. The molecule has 98 valence electrons. The molecule has 4 unspecified atom stereocenters. The third-order valence-electron chi connectivity index (χ3n) is 4.48. The van der Waals surface area contributed by atoms with E-state index in [0.717, 1.165) is 17.9 Å². The molecule has 2 aliphatic rings. The zero-order valence-corrected chi connectivity index (χ0v) is 13.0. The quantitative estimate of drug-likeness (QED) is 0.558. The largest absolute Gasteiger partial charge is 0.460 e. The molecule has 2 bridgehead atoms. The Balaban J connectivity index is 1.94. The van der Waals surface area contributed by atoms with Gasteiger partial charge in [-0.05, 0) is 57.4 Å². The van der Waals surface area contributed by atoms with Crippen molar-refractivity contribution in [2.24, 2.45) is 17.8 Å². The second-order valence-electron chi connectivity index (χ2n) is 7.28. The van der Waals surface area contributed by atoms with Gasteiger partial charge < -0.3 is 4.74 Å². The van der Waals surface area contributed by atoms with E-state index in [1.54, 1.807) is 0 Å². The van der Waals surface area contributed by atoms with Crippen molar-refractivity contribution >= 4 is 14.8 Å². The van der Waals surface area contributed by atoms with Crippen LogP contribution in [0.3, 0.4) is 0 Å². The molecule has 17 heavy (non-hydrogen) atoms. The summed E-state index contributed by atoms with van der Waals surface area (Å²) in [5.74, 6) is 1.75. The molecule has 0 aliphatic heterocycles. The van der Waals surface area contributed by atoms with Gasteiger partial charge in [-0.25, -0.2) is 0 Å². The highest BCUT2D eigenvalue weighted by Gasteiger charge is 2.50. The van der Waals surface area contributed by atoms with Gasteiger partial charge in [0.1, 0.15) is 5.60 Å². The second-order valence-corrected chi connectivity index (χ2v) is 10.6. The van der Waals surface area contributed by atoms with Crippen molar-refractivity contribution in [1.29, 1.82) is 0 Å². The molecular weight excluding hydrogens is 228 g/mol. The van der Waals surface area contributed by atoms with Crippen LogP contribution in [-0.4, -0.2) is 20.4 Å². The van der Waals surface area contributed by atoms with E-state index in [9.17, 15) is 4.79 Å². The van der Waals surface area contributed by atoms with E-state index >= 15 is 0 Å². The van der Waals surface area contributed by atoms with Gasteiger partial charge in [0.2, 0.25) is 0 Å². The normalized spacial score (nSPS) is 36.6. The summed E-state index contributed by atoms with van der Waals surface area (Å²) in [6.45, 7) is 10.8. The Labute approximate surface area is 107 Å². The van der Waals surface area contributed by atoms with E-state index in [1.165, 1.54) is 12.8 Å². The van der Waals surface area contributed by atoms with Crippen LogP contribution in [0.1, 0.15) is 40.0 Å². The fourth-order valence-corrected chi connectivity index (χ4v) is 6.10. The number of rotatable bonds is 2. The monoisotopic (exact) mass is 254 g/mol. The van der Waals surface area contributed by atoms with Gasteiger partial charge in [0.25, 0.3) is 0 Å². The summed E-state index contributed by atoms with van der Waals surface area (Å²) < 4.78 is 5.54. The van der Waals surface area contributed by atoms with Crippen LogP contribution in [0.25, 0.3) is 0 Å². The standard InChI is InChI=1S/C14H26O2Si/c1-14(2,3)16-13(15)11-7-10-6-9(11)8-12(10)17(4)5/h9-12,17H,6-8H2,1-5H3. The van der Waals surface area contributed by atoms with E-state index in [4.69, 9.17) is 4.74 Å². The average molecular weight is 254 g/mol. The molecular formula is C14H26O2Si. The summed E-state index contributed by atoms with van der Waals surface area (Å²) in [5, 5.41) is 0. The third kappa shape index (κ3) is 2.75. The molecule has 4 atom stereocenters. The molecule has 0 radical (unpaired) electrons. The molecule has 0 aromatic carbocycles. The number of hydrogen-bond donors (Lipinski definition) is 0. The molecule has 0 amide bonds. The lowest BCUT2D eigenvalue weighted by atomic mass is 9.88. The van der Waals surface area contributed by atoms with Crippen molar-refractivity contribution in [3.63, 3.8) is 0 Å². The first-order valence-electron chi connectivity index (χ1n) is 7.01. The molecule has 0 aromatic heterocycles. The molecule has 2 rings (SSSR count). The second kappa shape index (κ2) is 4.41. The molecule has 2 nitrogen and oxygen atoms in total. The molecule has 0 spiro atoms. The topological polar surface area (TPSA) is 26.3 Å². The lowest BCUT2D eigenvalue weighted by Gasteiger charge is -2.30. The Morgan fingerprint density at radius 3 is 2.18 bits per heavy atom. The van der Waals surface area contributed by atoms with E-state index in [-0.39, 0.29) is 17.5 Å². The van der Waals surface area contributed by atoms with E-state index in [0.29, 0.717) is 5.92 Å². The predicted molar refractivity (Wildman–Crippen MR) is 72.8 cm³/mol. The lowest BCUT2D eigenvalue weighted by molar-refractivity contribution is -0.161. The van der Waals surface area contributed by atoms with Crippen LogP contribution in [0.4, 0.5) is 0 Å². The highest BCUT2D eigenvalue weighted by Crippen LogP contribution is 2.56. The average Bonchev–Trinajstić information content (AvgIpc) is 2.72. The zero-order valence-electron chi connectivity index (χ0n) is 11.8.